The SMILES string of the molecule is CC(=O)CCCCSC(C)=O. The Morgan fingerprint density at radius 3 is 2.27 bits per heavy atom. The molecule has 2 nitrogen and oxygen atoms in total. The van der Waals surface area contributed by atoms with Crippen LogP contribution in [0.4, 0.5) is 0 Å². The van der Waals surface area contributed by atoms with Gasteiger partial charge < -0.3 is 4.79 Å². The molecule has 0 aromatic rings. The van der Waals surface area contributed by atoms with Crippen LogP contribution in [0.15, 0.2) is 0 Å². The van der Waals surface area contributed by atoms with Gasteiger partial charge in [0.05, 0.1) is 0 Å². The maximum Gasteiger partial charge on any atom is 0.185 e. The van der Waals surface area contributed by atoms with Crippen molar-refractivity contribution in [2.75, 3.05) is 5.75 Å². The van der Waals surface area contributed by atoms with Gasteiger partial charge in [-0.25, -0.2) is 0 Å². The van der Waals surface area contributed by atoms with E-state index in [0.717, 1.165) is 18.6 Å². The lowest BCUT2D eigenvalue weighted by molar-refractivity contribution is -0.117. The minimum absolute atomic E-state index is 0.160. The molecule has 0 N–H and O–H groups in total. The fraction of sp³-hybridized carbons (Fsp3) is 0.750. The second-order valence-electron chi connectivity index (χ2n) is 2.50. The van der Waals surface area contributed by atoms with Crippen LogP contribution in [-0.4, -0.2) is 16.7 Å². The molecular weight excluding hydrogens is 160 g/mol. The molecule has 0 heterocycles. The monoisotopic (exact) mass is 174 g/mol. The second-order valence-corrected chi connectivity index (χ2v) is 3.77. The molecule has 0 fully saturated rings. The first-order valence-corrected chi connectivity index (χ1v) is 4.74. The largest absolute Gasteiger partial charge is 0.300 e. The van der Waals surface area contributed by atoms with Gasteiger partial charge in [-0.2, -0.15) is 0 Å². The number of ketones is 1. The number of thioether (sulfide) groups is 1. The van der Waals surface area contributed by atoms with Crippen LogP contribution in [0.2, 0.25) is 0 Å². The normalized spacial score (nSPS) is 9.64. The van der Waals surface area contributed by atoms with Gasteiger partial charge in [0.2, 0.25) is 0 Å². The van der Waals surface area contributed by atoms with Crippen LogP contribution >= 0.6 is 11.8 Å². The van der Waals surface area contributed by atoms with Gasteiger partial charge in [-0.05, 0) is 19.8 Å². The first-order valence-electron chi connectivity index (χ1n) is 3.75. The summed E-state index contributed by atoms with van der Waals surface area (Å²) in [6.45, 7) is 3.16. The molecule has 0 aliphatic heterocycles. The highest BCUT2D eigenvalue weighted by Gasteiger charge is 1.95. The highest BCUT2D eigenvalue weighted by molar-refractivity contribution is 8.13. The third-order valence-corrected chi connectivity index (χ3v) is 2.13. The Kier molecular flexibility index (Phi) is 6.22. The molecule has 0 aliphatic rings. The number of hydrogen-bond donors (Lipinski definition) is 0. The van der Waals surface area contributed by atoms with Crippen LogP contribution in [0.25, 0.3) is 0 Å². The fourth-order valence-electron chi connectivity index (χ4n) is 0.692. The Bertz CT molecular complexity index is 127. The summed E-state index contributed by atoms with van der Waals surface area (Å²) < 4.78 is 0. The molecule has 0 atom stereocenters. The van der Waals surface area contributed by atoms with Crippen LogP contribution < -0.4 is 0 Å². The van der Waals surface area contributed by atoms with Crippen molar-refractivity contribution in [2.45, 2.75) is 33.1 Å². The van der Waals surface area contributed by atoms with E-state index in [1.807, 2.05) is 0 Å². The molecule has 64 valence electrons. The van der Waals surface area contributed by atoms with E-state index >= 15 is 0 Å². The predicted molar refractivity (Wildman–Crippen MR) is 47.7 cm³/mol. The molecule has 0 saturated heterocycles. The van der Waals surface area contributed by atoms with Crippen LogP contribution in [0.3, 0.4) is 0 Å². The average molecular weight is 174 g/mol. The van der Waals surface area contributed by atoms with Gasteiger partial charge in [-0.3, -0.25) is 4.79 Å². The maximum atomic E-state index is 10.5. The summed E-state index contributed by atoms with van der Waals surface area (Å²) in [6, 6.07) is 0. The zero-order chi connectivity index (χ0) is 8.69. The lowest BCUT2D eigenvalue weighted by Crippen LogP contribution is -1.91. The second kappa shape index (κ2) is 6.40. The lowest BCUT2D eigenvalue weighted by atomic mass is 10.2. The number of carbonyl (C=O) groups is 2. The average Bonchev–Trinajstić information content (AvgIpc) is 1.85. The number of hydrogen-bond acceptors (Lipinski definition) is 3. The van der Waals surface area contributed by atoms with Gasteiger partial charge in [0, 0.05) is 19.1 Å². The third kappa shape index (κ3) is 9.69. The first kappa shape index (κ1) is 10.7. The molecule has 0 saturated carbocycles. The summed E-state index contributed by atoms with van der Waals surface area (Å²) in [5.74, 6) is 1.08. The van der Waals surface area contributed by atoms with Crippen LogP contribution in [0, 0.1) is 0 Å². The van der Waals surface area contributed by atoms with E-state index < -0.39 is 0 Å². The maximum absolute atomic E-state index is 10.5. The molecule has 0 radical (unpaired) electrons. The quantitative estimate of drug-likeness (QED) is 0.598. The van der Waals surface area contributed by atoms with E-state index in [0.29, 0.717) is 6.42 Å². The predicted octanol–water partition coefficient (Wildman–Crippen LogP) is 2.03. The van der Waals surface area contributed by atoms with Crippen molar-refractivity contribution < 1.29 is 9.59 Å². The summed E-state index contributed by atoms with van der Waals surface area (Å²) in [5, 5.41) is 0.160. The van der Waals surface area contributed by atoms with Gasteiger partial charge in [0.25, 0.3) is 0 Å². The summed E-state index contributed by atoms with van der Waals surface area (Å²) >= 11 is 1.33. The standard InChI is InChI=1S/C8H14O2S/c1-7(9)5-3-4-6-11-8(2)10/h3-6H2,1-2H3. The molecule has 0 spiro atoms. The highest BCUT2D eigenvalue weighted by Crippen LogP contribution is 2.06. The van der Waals surface area contributed by atoms with Crippen LogP contribution in [0.1, 0.15) is 33.1 Å². The Hall–Kier alpha value is -0.310. The van der Waals surface area contributed by atoms with E-state index in [1.165, 1.54) is 11.8 Å². The van der Waals surface area contributed by atoms with Gasteiger partial charge in [-0.15, -0.1) is 0 Å². The van der Waals surface area contributed by atoms with Gasteiger partial charge in [0.15, 0.2) is 5.12 Å². The number of carbonyl (C=O) groups excluding carboxylic acids is 2. The molecule has 11 heavy (non-hydrogen) atoms. The fourth-order valence-corrected chi connectivity index (χ4v) is 1.33. The van der Waals surface area contributed by atoms with Crippen molar-refractivity contribution in [1.82, 2.24) is 0 Å². The molecular formula is C8H14O2S. The third-order valence-electron chi connectivity index (χ3n) is 1.23. The Labute approximate surface area is 71.7 Å². The van der Waals surface area contributed by atoms with Gasteiger partial charge >= 0.3 is 0 Å². The minimum Gasteiger partial charge on any atom is -0.300 e. The van der Waals surface area contributed by atoms with Crippen molar-refractivity contribution in [2.24, 2.45) is 0 Å². The molecule has 0 aliphatic carbocycles. The molecule has 0 aromatic heterocycles. The summed E-state index contributed by atoms with van der Waals surface area (Å²) in [6.07, 6.45) is 2.53. The Balaban J connectivity index is 3.03. The zero-order valence-electron chi connectivity index (χ0n) is 7.05. The van der Waals surface area contributed by atoms with Crippen molar-refractivity contribution in [1.29, 1.82) is 0 Å². The molecule has 0 amide bonds. The van der Waals surface area contributed by atoms with Gasteiger partial charge in [-0.1, -0.05) is 11.8 Å². The smallest absolute Gasteiger partial charge is 0.185 e. The van der Waals surface area contributed by atoms with Crippen molar-refractivity contribution in [3.63, 3.8) is 0 Å². The van der Waals surface area contributed by atoms with E-state index in [-0.39, 0.29) is 10.9 Å². The first-order chi connectivity index (χ1) is 5.13. The zero-order valence-corrected chi connectivity index (χ0v) is 7.87. The Morgan fingerprint density at radius 2 is 1.82 bits per heavy atom. The molecule has 0 bridgehead atoms. The molecule has 3 heteroatoms. The van der Waals surface area contributed by atoms with Crippen LogP contribution in [0.5, 0.6) is 0 Å². The van der Waals surface area contributed by atoms with Crippen molar-refractivity contribution >= 4 is 22.7 Å². The Morgan fingerprint density at radius 1 is 1.18 bits per heavy atom. The number of Topliss-reactive ketones (excluding diaryl/α,β-unsaturated/α-hetero) is 1. The lowest BCUT2D eigenvalue weighted by Gasteiger charge is -1.95. The van der Waals surface area contributed by atoms with E-state index in [2.05, 4.69) is 0 Å². The summed E-state index contributed by atoms with van der Waals surface area (Å²) in [7, 11) is 0. The molecule has 0 rings (SSSR count). The van der Waals surface area contributed by atoms with E-state index in [1.54, 1.807) is 13.8 Å². The van der Waals surface area contributed by atoms with Crippen molar-refractivity contribution in [3.8, 4) is 0 Å². The van der Waals surface area contributed by atoms with Crippen molar-refractivity contribution in [3.05, 3.63) is 0 Å². The summed E-state index contributed by atoms with van der Waals surface area (Å²) in [5.41, 5.74) is 0. The topological polar surface area (TPSA) is 34.1 Å². The number of unbranched alkanes of at least 4 members (excludes halogenated alkanes) is 1. The number of rotatable bonds is 5. The minimum atomic E-state index is 0.160. The highest BCUT2D eigenvalue weighted by atomic mass is 32.2. The molecule has 0 aromatic carbocycles. The van der Waals surface area contributed by atoms with E-state index in [4.69, 9.17) is 0 Å². The molecule has 0 unspecified atom stereocenters. The van der Waals surface area contributed by atoms with Crippen LogP contribution in [-0.2, 0) is 9.59 Å². The summed E-state index contributed by atoms with van der Waals surface area (Å²) in [4.78, 5) is 20.9. The van der Waals surface area contributed by atoms with E-state index in [9.17, 15) is 9.59 Å². The van der Waals surface area contributed by atoms with Gasteiger partial charge in [0.1, 0.15) is 5.78 Å².